The first-order valence-electron chi connectivity index (χ1n) is 8.44. The van der Waals surface area contributed by atoms with E-state index in [-0.39, 0.29) is 23.0 Å². The Labute approximate surface area is 159 Å². The second kappa shape index (κ2) is 9.18. The third kappa shape index (κ3) is 5.30. The van der Waals surface area contributed by atoms with E-state index in [2.05, 4.69) is 5.32 Å². The van der Waals surface area contributed by atoms with Crippen LogP contribution in [0.15, 0.2) is 59.5 Å². The van der Waals surface area contributed by atoms with Gasteiger partial charge in [0.15, 0.2) is 6.61 Å². The van der Waals surface area contributed by atoms with Gasteiger partial charge in [-0.2, -0.15) is 0 Å². The molecule has 2 aromatic rings. The number of carbonyl (C=O) groups is 2. The molecule has 1 amide bonds. The molecule has 0 radical (unpaired) electrons. The van der Waals surface area contributed by atoms with Crippen molar-refractivity contribution in [1.82, 2.24) is 5.32 Å². The van der Waals surface area contributed by atoms with Crippen LogP contribution in [0.1, 0.15) is 23.7 Å². The summed E-state index contributed by atoms with van der Waals surface area (Å²) in [4.78, 5) is 23.5. The summed E-state index contributed by atoms with van der Waals surface area (Å²) >= 11 is 0. The molecule has 27 heavy (non-hydrogen) atoms. The molecule has 144 valence electrons. The van der Waals surface area contributed by atoms with E-state index in [1.807, 2.05) is 6.92 Å². The van der Waals surface area contributed by atoms with Crippen molar-refractivity contribution in [1.29, 1.82) is 0 Å². The van der Waals surface area contributed by atoms with Gasteiger partial charge in [-0.1, -0.05) is 25.1 Å². The highest BCUT2D eigenvalue weighted by atomic mass is 32.2. The zero-order chi connectivity index (χ0) is 19.9. The fraction of sp³-hybridized carbons (Fsp3) is 0.263. The summed E-state index contributed by atoms with van der Waals surface area (Å²) in [5, 5.41) is 2.60. The van der Waals surface area contributed by atoms with Gasteiger partial charge in [-0.15, -0.1) is 0 Å². The second-order valence-corrected chi connectivity index (χ2v) is 7.73. The molecule has 2 rings (SSSR count). The molecule has 0 unspecified atom stereocenters. The number of amides is 1. The number of nitrogens with one attached hydrogen (secondary N) is 1. The monoisotopic (exact) mass is 390 g/mol. The predicted octanol–water partition coefficient (Wildman–Crippen LogP) is 2.19. The Hall–Kier alpha value is -2.87. The van der Waals surface area contributed by atoms with Crippen molar-refractivity contribution in [2.45, 2.75) is 18.2 Å². The molecule has 0 aliphatic carbocycles. The van der Waals surface area contributed by atoms with E-state index in [0.29, 0.717) is 12.2 Å². The molecule has 0 saturated carbocycles. The maximum atomic E-state index is 12.7. The fourth-order valence-electron chi connectivity index (χ4n) is 2.23. The average Bonchev–Trinajstić information content (AvgIpc) is 2.70. The minimum atomic E-state index is -3.75. The van der Waals surface area contributed by atoms with Crippen LogP contribution in [0.5, 0.6) is 0 Å². The number of nitrogens with zero attached hydrogens (tertiary/aromatic N) is 1. The van der Waals surface area contributed by atoms with Crippen molar-refractivity contribution >= 4 is 27.6 Å². The van der Waals surface area contributed by atoms with E-state index in [0.717, 1.165) is 6.42 Å². The number of para-hydroxylation sites is 1. The highest BCUT2D eigenvalue weighted by molar-refractivity contribution is 7.92. The number of benzene rings is 2. The molecule has 0 aliphatic heterocycles. The van der Waals surface area contributed by atoms with Crippen LogP contribution in [0.4, 0.5) is 5.69 Å². The van der Waals surface area contributed by atoms with Crippen molar-refractivity contribution in [2.75, 3.05) is 24.5 Å². The summed E-state index contributed by atoms with van der Waals surface area (Å²) in [5.41, 5.74) is 0.693. The lowest BCUT2D eigenvalue weighted by molar-refractivity contribution is -0.124. The van der Waals surface area contributed by atoms with Gasteiger partial charge in [0.1, 0.15) is 0 Å². The standard InChI is InChI=1S/C19H22N2O5S/c1-3-13-20-18(22)14-26-19(23)15-9-11-17(12-10-15)27(24,25)21(2)16-7-5-4-6-8-16/h4-12H,3,13-14H2,1-2H3,(H,20,22). The van der Waals surface area contributed by atoms with E-state index in [1.165, 1.54) is 35.6 Å². The highest BCUT2D eigenvalue weighted by Crippen LogP contribution is 2.22. The second-order valence-electron chi connectivity index (χ2n) is 5.76. The molecule has 0 aromatic heterocycles. The van der Waals surface area contributed by atoms with Crippen molar-refractivity contribution in [3.05, 3.63) is 60.2 Å². The van der Waals surface area contributed by atoms with Gasteiger partial charge >= 0.3 is 5.97 Å². The summed E-state index contributed by atoms with van der Waals surface area (Å²) < 4.78 is 31.5. The molecule has 1 N–H and O–H groups in total. The first-order chi connectivity index (χ1) is 12.9. The van der Waals surface area contributed by atoms with Crippen molar-refractivity contribution in [2.24, 2.45) is 0 Å². The summed E-state index contributed by atoms with van der Waals surface area (Å²) in [7, 11) is -2.29. The van der Waals surface area contributed by atoms with E-state index < -0.39 is 16.0 Å². The van der Waals surface area contributed by atoms with Crippen LogP contribution in [0.3, 0.4) is 0 Å². The third-order valence-electron chi connectivity index (χ3n) is 3.77. The molecule has 0 fully saturated rings. The van der Waals surface area contributed by atoms with Crippen LogP contribution in [-0.4, -0.2) is 40.5 Å². The summed E-state index contributed by atoms with van der Waals surface area (Å²) in [6.45, 7) is 2.05. The van der Waals surface area contributed by atoms with Crippen LogP contribution in [0, 0.1) is 0 Å². The number of esters is 1. The molecule has 0 saturated heterocycles. The van der Waals surface area contributed by atoms with Crippen LogP contribution in [-0.2, 0) is 19.6 Å². The van der Waals surface area contributed by atoms with E-state index >= 15 is 0 Å². The molecular weight excluding hydrogens is 368 g/mol. The lowest BCUT2D eigenvalue weighted by Crippen LogP contribution is -2.29. The number of carbonyl (C=O) groups excluding carboxylic acids is 2. The van der Waals surface area contributed by atoms with Gasteiger partial charge in [0.05, 0.1) is 16.1 Å². The fourth-order valence-corrected chi connectivity index (χ4v) is 3.42. The molecule has 0 atom stereocenters. The van der Waals surface area contributed by atoms with Gasteiger partial charge in [-0.05, 0) is 42.8 Å². The molecule has 0 bridgehead atoms. The topological polar surface area (TPSA) is 92.8 Å². The lowest BCUT2D eigenvalue weighted by Gasteiger charge is -2.19. The summed E-state index contributed by atoms with van der Waals surface area (Å²) in [6.07, 6.45) is 0.785. The van der Waals surface area contributed by atoms with Crippen molar-refractivity contribution < 1.29 is 22.7 Å². The quantitative estimate of drug-likeness (QED) is 0.698. The van der Waals surface area contributed by atoms with Gasteiger partial charge in [0.25, 0.3) is 15.9 Å². The molecule has 0 heterocycles. The smallest absolute Gasteiger partial charge is 0.338 e. The minimum Gasteiger partial charge on any atom is -0.452 e. The molecule has 2 aromatic carbocycles. The minimum absolute atomic E-state index is 0.0473. The number of ether oxygens (including phenoxy) is 1. The zero-order valence-electron chi connectivity index (χ0n) is 15.2. The van der Waals surface area contributed by atoms with Crippen molar-refractivity contribution in [3.63, 3.8) is 0 Å². The number of rotatable bonds is 8. The lowest BCUT2D eigenvalue weighted by atomic mass is 10.2. The van der Waals surface area contributed by atoms with Gasteiger partial charge in [0.2, 0.25) is 0 Å². The molecule has 0 spiro atoms. The number of anilines is 1. The average molecular weight is 390 g/mol. The van der Waals surface area contributed by atoms with Gasteiger partial charge in [-0.25, -0.2) is 13.2 Å². The predicted molar refractivity (Wildman–Crippen MR) is 102 cm³/mol. The van der Waals surface area contributed by atoms with Crippen LogP contribution in [0.2, 0.25) is 0 Å². The van der Waals surface area contributed by atoms with Crippen LogP contribution in [0.25, 0.3) is 0 Å². The number of sulfonamides is 1. The summed E-state index contributed by atoms with van der Waals surface area (Å²) in [6, 6.07) is 14.1. The van der Waals surface area contributed by atoms with E-state index in [9.17, 15) is 18.0 Å². The Morgan fingerprint density at radius 1 is 1.04 bits per heavy atom. The number of hydrogen-bond acceptors (Lipinski definition) is 5. The molecule has 0 aliphatic rings. The first kappa shape index (κ1) is 20.4. The van der Waals surface area contributed by atoms with E-state index in [1.54, 1.807) is 30.3 Å². The largest absolute Gasteiger partial charge is 0.452 e. The Balaban J connectivity index is 2.05. The Kier molecular flexibility index (Phi) is 6.95. The van der Waals surface area contributed by atoms with E-state index in [4.69, 9.17) is 4.74 Å². The Morgan fingerprint density at radius 2 is 1.67 bits per heavy atom. The summed E-state index contributed by atoms with van der Waals surface area (Å²) in [5.74, 6) is -1.07. The van der Waals surface area contributed by atoms with Crippen molar-refractivity contribution in [3.8, 4) is 0 Å². The van der Waals surface area contributed by atoms with Crippen LogP contribution < -0.4 is 9.62 Å². The SMILES string of the molecule is CCCNC(=O)COC(=O)c1ccc(S(=O)(=O)N(C)c2ccccc2)cc1. The maximum Gasteiger partial charge on any atom is 0.338 e. The molecule has 7 nitrogen and oxygen atoms in total. The first-order valence-corrected chi connectivity index (χ1v) is 9.88. The van der Waals surface area contributed by atoms with Gasteiger partial charge in [-0.3, -0.25) is 9.10 Å². The van der Waals surface area contributed by atoms with Crippen LogP contribution >= 0.6 is 0 Å². The Morgan fingerprint density at radius 3 is 2.26 bits per heavy atom. The number of hydrogen-bond donors (Lipinski definition) is 1. The maximum absolute atomic E-state index is 12.7. The zero-order valence-corrected chi connectivity index (χ0v) is 16.0. The normalized spacial score (nSPS) is 10.9. The third-order valence-corrected chi connectivity index (χ3v) is 5.57. The molecular formula is C19H22N2O5S. The Bertz CT molecular complexity index is 880. The molecule has 8 heteroatoms. The van der Waals surface area contributed by atoms with Gasteiger partial charge in [0, 0.05) is 13.6 Å². The van der Waals surface area contributed by atoms with Gasteiger partial charge < -0.3 is 10.1 Å². The highest BCUT2D eigenvalue weighted by Gasteiger charge is 2.21.